The highest BCUT2D eigenvalue weighted by Crippen LogP contribution is 2.25. The second-order valence-corrected chi connectivity index (χ2v) is 6.31. The van der Waals surface area contributed by atoms with Crippen LogP contribution in [0.2, 0.25) is 5.02 Å². The average molecular weight is 394 g/mol. The van der Waals surface area contributed by atoms with Gasteiger partial charge in [-0.1, -0.05) is 18.2 Å². The highest BCUT2D eigenvalue weighted by molar-refractivity contribution is 6.31. The van der Waals surface area contributed by atoms with Gasteiger partial charge in [0.05, 0.1) is 34.1 Å². The molecule has 0 bridgehead atoms. The zero-order valence-corrected chi connectivity index (χ0v) is 15.2. The lowest BCUT2D eigenvalue weighted by Crippen LogP contribution is -2.07. The maximum Gasteiger partial charge on any atom is 0.247 e. The number of fused-ring (bicyclic) bond motifs is 1. The van der Waals surface area contributed by atoms with E-state index in [-0.39, 0.29) is 10.9 Å². The van der Waals surface area contributed by atoms with Crippen LogP contribution in [0, 0.1) is 5.82 Å². The van der Waals surface area contributed by atoms with E-state index in [0.29, 0.717) is 22.8 Å². The lowest BCUT2D eigenvalue weighted by Gasteiger charge is -2.08. The zero-order chi connectivity index (χ0) is 19.7. The van der Waals surface area contributed by atoms with E-state index >= 15 is 0 Å². The Morgan fingerprint density at radius 2 is 2.07 bits per heavy atom. The van der Waals surface area contributed by atoms with Crippen LogP contribution >= 0.6 is 11.6 Å². The van der Waals surface area contributed by atoms with Crippen molar-refractivity contribution in [3.8, 4) is 17.1 Å². The van der Waals surface area contributed by atoms with Crippen molar-refractivity contribution in [1.82, 2.24) is 19.5 Å². The molecule has 0 saturated carbocycles. The molecule has 1 amide bonds. The van der Waals surface area contributed by atoms with Crippen molar-refractivity contribution in [1.29, 1.82) is 0 Å². The molecule has 4 rings (SSSR count). The molecule has 0 spiro atoms. The van der Waals surface area contributed by atoms with Gasteiger partial charge in [-0.05, 0) is 42.5 Å². The first-order valence-corrected chi connectivity index (χ1v) is 8.61. The molecule has 0 aliphatic rings. The monoisotopic (exact) mass is 393 g/mol. The number of aromatic nitrogens is 4. The fourth-order valence-corrected chi connectivity index (χ4v) is 2.91. The molecule has 0 radical (unpaired) electrons. The maximum absolute atomic E-state index is 13.4. The lowest BCUT2D eigenvalue weighted by molar-refractivity contribution is -0.111. The van der Waals surface area contributed by atoms with Gasteiger partial charge in [-0.3, -0.25) is 14.3 Å². The van der Waals surface area contributed by atoms with Crippen molar-refractivity contribution in [2.45, 2.75) is 0 Å². The highest BCUT2D eigenvalue weighted by atomic mass is 35.5. The molecule has 8 heteroatoms. The summed E-state index contributed by atoms with van der Waals surface area (Å²) in [4.78, 5) is 24.7. The van der Waals surface area contributed by atoms with E-state index in [1.807, 2.05) is 0 Å². The van der Waals surface area contributed by atoms with Gasteiger partial charge in [0.25, 0.3) is 0 Å². The first kappa shape index (κ1) is 17.8. The molecule has 2 aromatic heterocycles. The molecule has 2 heterocycles. The Bertz CT molecular complexity index is 1220. The molecular formula is C20H13ClFN5O. The summed E-state index contributed by atoms with van der Waals surface area (Å²) in [7, 11) is 0. The van der Waals surface area contributed by atoms with Crippen molar-refractivity contribution in [2.75, 3.05) is 5.32 Å². The smallest absolute Gasteiger partial charge is 0.247 e. The van der Waals surface area contributed by atoms with Crippen molar-refractivity contribution in [2.24, 2.45) is 0 Å². The number of carbonyl (C=O) groups excluding carboxylic acids is 1. The number of hydrogen-bond donors (Lipinski definition) is 1. The average Bonchev–Trinajstić information content (AvgIpc) is 3.13. The molecule has 1 N–H and O–H groups in total. The van der Waals surface area contributed by atoms with Crippen molar-refractivity contribution >= 4 is 34.2 Å². The lowest BCUT2D eigenvalue weighted by atomic mass is 10.1. The Hall–Kier alpha value is -3.58. The molecule has 0 aliphatic heterocycles. The van der Waals surface area contributed by atoms with Crippen LogP contribution in [-0.2, 0) is 4.79 Å². The van der Waals surface area contributed by atoms with Gasteiger partial charge in [-0.2, -0.15) is 0 Å². The molecule has 0 aliphatic carbocycles. The van der Waals surface area contributed by atoms with Gasteiger partial charge < -0.3 is 5.32 Å². The largest absolute Gasteiger partial charge is 0.322 e. The SMILES string of the molecule is C=CC(=O)Nc1ccc2ncn(-c3cncc(-c4ccc(F)c(Cl)c4)n3)c2c1. The third-order valence-electron chi connectivity index (χ3n) is 4.08. The summed E-state index contributed by atoms with van der Waals surface area (Å²) in [5.41, 5.74) is 3.26. The summed E-state index contributed by atoms with van der Waals surface area (Å²) < 4.78 is 15.2. The third-order valence-corrected chi connectivity index (χ3v) is 4.37. The van der Waals surface area contributed by atoms with E-state index in [9.17, 15) is 9.18 Å². The summed E-state index contributed by atoms with van der Waals surface area (Å²) >= 11 is 5.87. The number of benzene rings is 2. The Labute approximate surface area is 164 Å². The number of halogens is 2. The Kier molecular flexibility index (Phi) is 4.58. The number of hydrogen-bond acceptors (Lipinski definition) is 4. The molecule has 0 saturated heterocycles. The van der Waals surface area contributed by atoms with Gasteiger partial charge in [0.2, 0.25) is 5.91 Å². The molecule has 28 heavy (non-hydrogen) atoms. The quantitative estimate of drug-likeness (QED) is 0.521. The predicted molar refractivity (Wildman–Crippen MR) is 106 cm³/mol. The van der Waals surface area contributed by atoms with Gasteiger partial charge in [-0.25, -0.2) is 14.4 Å². The number of nitrogens with one attached hydrogen (secondary N) is 1. The van der Waals surface area contributed by atoms with Crippen LogP contribution in [-0.4, -0.2) is 25.4 Å². The van der Waals surface area contributed by atoms with Gasteiger partial charge in [-0.15, -0.1) is 0 Å². The molecule has 0 fully saturated rings. The first-order valence-electron chi connectivity index (χ1n) is 8.23. The number of rotatable bonds is 4. The van der Waals surface area contributed by atoms with Crippen LogP contribution in [0.5, 0.6) is 0 Å². The Morgan fingerprint density at radius 3 is 2.86 bits per heavy atom. The van der Waals surface area contributed by atoms with Crippen molar-refractivity contribution in [3.05, 3.63) is 78.6 Å². The van der Waals surface area contributed by atoms with Gasteiger partial charge in [0.15, 0.2) is 5.82 Å². The molecular weight excluding hydrogens is 381 g/mol. The Morgan fingerprint density at radius 1 is 1.21 bits per heavy atom. The summed E-state index contributed by atoms with van der Waals surface area (Å²) in [6.07, 6.45) is 5.98. The summed E-state index contributed by atoms with van der Waals surface area (Å²) in [5.74, 6) is -0.280. The van der Waals surface area contributed by atoms with E-state index in [4.69, 9.17) is 11.6 Å². The van der Waals surface area contributed by atoms with E-state index in [1.165, 1.54) is 18.2 Å². The molecule has 0 unspecified atom stereocenters. The van der Waals surface area contributed by atoms with E-state index in [2.05, 4.69) is 26.8 Å². The van der Waals surface area contributed by atoms with Crippen LogP contribution in [0.3, 0.4) is 0 Å². The third kappa shape index (κ3) is 3.35. The fourth-order valence-electron chi connectivity index (χ4n) is 2.73. The number of anilines is 1. The highest BCUT2D eigenvalue weighted by Gasteiger charge is 2.10. The number of imidazole rings is 1. The summed E-state index contributed by atoms with van der Waals surface area (Å²) in [6.45, 7) is 3.44. The van der Waals surface area contributed by atoms with Crippen LogP contribution in [0.15, 0.2) is 67.8 Å². The number of carbonyl (C=O) groups is 1. The fraction of sp³-hybridized carbons (Fsp3) is 0. The molecule has 6 nitrogen and oxygen atoms in total. The normalized spacial score (nSPS) is 10.8. The first-order chi connectivity index (χ1) is 13.5. The molecule has 0 atom stereocenters. The second kappa shape index (κ2) is 7.21. The maximum atomic E-state index is 13.4. The van der Waals surface area contributed by atoms with Crippen LogP contribution in [0.1, 0.15) is 0 Å². The van der Waals surface area contributed by atoms with Crippen molar-refractivity contribution in [3.63, 3.8) is 0 Å². The number of nitrogens with zero attached hydrogens (tertiary/aromatic N) is 4. The van der Waals surface area contributed by atoms with Crippen molar-refractivity contribution < 1.29 is 9.18 Å². The molecule has 2 aromatic carbocycles. The topological polar surface area (TPSA) is 72.7 Å². The van der Waals surface area contributed by atoms with E-state index < -0.39 is 5.82 Å². The zero-order valence-electron chi connectivity index (χ0n) is 14.4. The van der Waals surface area contributed by atoms with Crippen LogP contribution in [0.25, 0.3) is 28.1 Å². The van der Waals surface area contributed by atoms with Gasteiger partial charge >= 0.3 is 0 Å². The van der Waals surface area contributed by atoms with E-state index in [1.54, 1.807) is 47.6 Å². The minimum atomic E-state index is -0.496. The molecule has 138 valence electrons. The molecule has 4 aromatic rings. The van der Waals surface area contributed by atoms with E-state index in [0.717, 1.165) is 11.0 Å². The summed E-state index contributed by atoms with van der Waals surface area (Å²) in [6, 6.07) is 9.70. The minimum Gasteiger partial charge on any atom is -0.322 e. The number of amides is 1. The predicted octanol–water partition coefficient (Wildman–Crippen LogP) is 4.40. The summed E-state index contributed by atoms with van der Waals surface area (Å²) in [5, 5.41) is 2.73. The minimum absolute atomic E-state index is 0.0142. The standard InChI is InChI=1S/C20H13ClFN5O/c1-2-20(28)25-13-4-6-16-18(8-13)27(11-24-16)19-10-23-9-17(26-19)12-3-5-15(22)14(21)7-12/h2-11H,1H2,(H,25,28). The Balaban J connectivity index is 1.77. The van der Waals surface area contributed by atoms with Crippen LogP contribution < -0.4 is 5.32 Å². The second-order valence-electron chi connectivity index (χ2n) is 5.90. The van der Waals surface area contributed by atoms with Gasteiger partial charge in [0.1, 0.15) is 12.1 Å². The van der Waals surface area contributed by atoms with Crippen LogP contribution in [0.4, 0.5) is 10.1 Å². The van der Waals surface area contributed by atoms with Gasteiger partial charge in [0, 0.05) is 11.3 Å².